The van der Waals surface area contributed by atoms with Crippen molar-refractivity contribution in [2.75, 3.05) is 5.32 Å². The first-order chi connectivity index (χ1) is 14.0. The Kier molecular flexibility index (Phi) is 4.31. The smallest absolute Gasteiger partial charge is 0.326 e. The maximum atomic E-state index is 11.4. The molecule has 3 heterocycles. The monoisotopic (exact) mass is 398 g/mol. The van der Waals surface area contributed by atoms with Crippen LogP contribution in [0.25, 0.3) is 11.7 Å². The van der Waals surface area contributed by atoms with Crippen molar-refractivity contribution in [3.05, 3.63) is 33.2 Å². The van der Waals surface area contributed by atoms with Crippen molar-refractivity contribution in [1.29, 1.82) is 0 Å². The molecule has 2 aliphatic carbocycles. The molecular formula is C18H22N8O3. The molecule has 0 bridgehead atoms. The fraction of sp³-hybridized carbons (Fsp3) is 0.500. The number of aliphatic hydroxyl groups excluding tert-OH is 1. The van der Waals surface area contributed by atoms with Gasteiger partial charge in [-0.05, 0) is 44.6 Å². The van der Waals surface area contributed by atoms with Crippen molar-refractivity contribution >= 4 is 17.7 Å². The van der Waals surface area contributed by atoms with Crippen LogP contribution in [0.4, 0.5) is 5.95 Å². The zero-order valence-electron chi connectivity index (χ0n) is 15.7. The van der Waals surface area contributed by atoms with Gasteiger partial charge in [-0.1, -0.05) is 0 Å². The Labute approximate surface area is 164 Å². The molecule has 2 fully saturated rings. The number of aromatic nitrogens is 6. The summed E-state index contributed by atoms with van der Waals surface area (Å²) in [7, 11) is 0. The van der Waals surface area contributed by atoms with E-state index >= 15 is 0 Å². The van der Waals surface area contributed by atoms with Crippen molar-refractivity contribution in [3.8, 4) is 5.88 Å². The molecular weight excluding hydrogens is 376 g/mol. The summed E-state index contributed by atoms with van der Waals surface area (Å²) < 4.78 is 1.57. The van der Waals surface area contributed by atoms with Gasteiger partial charge < -0.3 is 20.5 Å². The van der Waals surface area contributed by atoms with Gasteiger partial charge in [0.2, 0.25) is 11.8 Å². The van der Waals surface area contributed by atoms with Crippen LogP contribution in [0.15, 0.2) is 16.0 Å². The maximum absolute atomic E-state index is 11.4. The molecule has 2 saturated carbocycles. The van der Waals surface area contributed by atoms with Crippen molar-refractivity contribution in [2.45, 2.75) is 56.7 Å². The van der Waals surface area contributed by atoms with Gasteiger partial charge >= 0.3 is 5.69 Å². The first kappa shape index (κ1) is 17.9. The van der Waals surface area contributed by atoms with E-state index in [-0.39, 0.29) is 29.8 Å². The van der Waals surface area contributed by atoms with Gasteiger partial charge in [-0.15, -0.1) is 0 Å². The normalized spacial score (nSPS) is 23.8. The average molecular weight is 398 g/mol. The van der Waals surface area contributed by atoms with E-state index in [1.54, 1.807) is 16.8 Å². The molecule has 0 amide bonds. The van der Waals surface area contributed by atoms with Gasteiger partial charge in [0.25, 0.3) is 5.62 Å². The molecule has 0 radical (unpaired) electrons. The quantitative estimate of drug-likeness (QED) is 0.384. The number of aliphatic hydroxyl groups is 1. The zero-order chi connectivity index (χ0) is 20.0. The lowest BCUT2D eigenvalue weighted by molar-refractivity contribution is 0.126. The van der Waals surface area contributed by atoms with Crippen molar-refractivity contribution in [3.63, 3.8) is 0 Å². The Morgan fingerprint density at radius 2 is 1.97 bits per heavy atom. The fourth-order valence-corrected chi connectivity index (χ4v) is 3.55. The van der Waals surface area contributed by atoms with E-state index in [9.17, 15) is 15.0 Å². The van der Waals surface area contributed by atoms with Gasteiger partial charge in [0.15, 0.2) is 5.65 Å². The number of nitrogens with zero attached hydrogens (tertiary/aromatic N) is 5. The van der Waals surface area contributed by atoms with Crippen LogP contribution in [0, 0.1) is 0 Å². The first-order valence-corrected chi connectivity index (χ1v) is 9.82. The van der Waals surface area contributed by atoms with E-state index in [1.165, 1.54) is 0 Å². The summed E-state index contributed by atoms with van der Waals surface area (Å²) in [5.74, 6) is 0.214. The second-order valence-electron chi connectivity index (χ2n) is 7.68. The van der Waals surface area contributed by atoms with Crippen molar-refractivity contribution in [2.24, 2.45) is 4.99 Å². The molecule has 0 saturated heterocycles. The lowest BCUT2D eigenvalue weighted by atomic mass is 9.93. The van der Waals surface area contributed by atoms with Gasteiger partial charge in [-0.3, -0.25) is 4.98 Å². The minimum Gasteiger partial charge on any atom is -0.493 e. The highest BCUT2D eigenvalue weighted by atomic mass is 16.3. The second kappa shape index (κ2) is 6.99. The van der Waals surface area contributed by atoms with Crippen molar-refractivity contribution in [1.82, 2.24) is 29.5 Å². The number of hydrogen-bond acceptors (Lipinski definition) is 8. The Balaban J connectivity index is 1.59. The van der Waals surface area contributed by atoms with E-state index in [0.717, 1.165) is 38.5 Å². The molecule has 11 heteroatoms. The number of anilines is 1. The highest BCUT2D eigenvalue weighted by Gasteiger charge is 2.22. The molecule has 11 nitrogen and oxygen atoms in total. The molecule has 0 spiro atoms. The summed E-state index contributed by atoms with van der Waals surface area (Å²) in [6, 6.07) is 0.447. The predicted octanol–water partition coefficient (Wildman–Crippen LogP) is -0.827. The first-order valence-electron chi connectivity index (χ1n) is 9.82. The Hall–Kier alpha value is -3.21. The number of fused-ring (bicyclic) bond motifs is 1. The molecule has 5 N–H and O–H groups in total. The van der Waals surface area contributed by atoms with Crippen LogP contribution in [0.2, 0.25) is 0 Å². The van der Waals surface area contributed by atoms with Crippen molar-refractivity contribution < 1.29 is 10.2 Å². The SMILES string of the molecule is O=c1[nH]c(O)c(/C=c2/cnn3c(=NC4CC4)nc(NC4CCC(O)CC4)nc23)[nH]1. The summed E-state index contributed by atoms with van der Waals surface area (Å²) >= 11 is 0. The number of nitrogens with one attached hydrogen (secondary N) is 3. The van der Waals surface area contributed by atoms with Crippen LogP contribution in [-0.4, -0.2) is 58.0 Å². The van der Waals surface area contributed by atoms with E-state index < -0.39 is 5.69 Å². The standard InChI is InChI=1S/C18H22N8O3/c27-12-5-3-10(4-6-12)20-16-23-14-9(7-13-15(28)24-18(29)22-13)8-19-26(14)17(25-16)21-11-1-2-11/h7-8,10-12,27-28H,1-6H2,(H,20,21,25)(H2,22,24,29)/b9-7-. The topological polar surface area (TPSA) is 157 Å². The highest BCUT2D eigenvalue weighted by Crippen LogP contribution is 2.23. The van der Waals surface area contributed by atoms with Gasteiger partial charge in [-0.2, -0.15) is 19.6 Å². The number of imidazole rings is 1. The van der Waals surface area contributed by atoms with E-state index in [1.807, 2.05) is 0 Å². The van der Waals surface area contributed by atoms with Crippen LogP contribution in [-0.2, 0) is 0 Å². The molecule has 0 atom stereocenters. The van der Waals surface area contributed by atoms with Gasteiger partial charge in [-0.25, -0.2) is 9.79 Å². The number of rotatable bonds is 4. The maximum Gasteiger partial charge on any atom is 0.326 e. The zero-order valence-corrected chi connectivity index (χ0v) is 15.7. The van der Waals surface area contributed by atoms with Crippen LogP contribution in [0.3, 0.4) is 0 Å². The molecule has 0 aromatic carbocycles. The molecule has 3 aromatic rings. The summed E-state index contributed by atoms with van der Waals surface area (Å²) in [5, 5.41) is 27.9. The number of H-pyrrole nitrogens is 2. The molecule has 29 heavy (non-hydrogen) atoms. The second-order valence-corrected chi connectivity index (χ2v) is 7.68. The van der Waals surface area contributed by atoms with Crippen LogP contribution < -0.4 is 21.8 Å². The molecule has 3 aromatic heterocycles. The molecule has 152 valence electrons. The lowest BCUT2D eigenvalue weighted by Gasteiger charge is -2.26. The summed E-state index contributed by atoms with van der Waals surface area (Å²) in [5.41, 5.74) is 0.757. The van der Waals surface area contributed by atoms with Gasteiger partial charge in [0, 0.05) is 11.3 Å². The Bertz CT molecular complexity index is 1210. The van der Waals surface area contributed by atoms with Gasteiger partial charge in [0.1, 0.15) is 5.69 Å². The van der Waals surface area contributed by atoms with Gasteiger partial charge in [0.05, 0.1) is 18.3 Å². The predicted molar refractivity (Wildman–Crippen MR) is 103 cm³/mol. The molecule has 2 aliphatic rings. The molecule has 0 aliphatic heterocycles. The summed E-state index contributed by atoms with van der Waals surface area (Å²) in [6.45, 7) is 0. The average Bonchev–Trinajstić information content (AvgIpc) is 3.33. The van der Waals surface area contributed by atoms with Crippen LogP contribution in [0.5, 0.6) is 5.88 Å². The fourth-order valence-electron chi connectivity index (χ4n) is 3.55. The molecule has 5 rings (SSSR count). The number of aromatic hydroxyl groups is 1. The Morgan fingerprint density at radius 3 is 2.66 bits per heavy atom. The summed E-state index contributed by atoms with van der Waals surface area (Å²) in [4.78, 5) is 30.0. The number of aromatic amines is 2. The number of hydrogen-bond donors (Lipinski definition) is 5. The van der Waals surface area contributed by atoms with Crippen LogP contribution in [0.1, 0.15) is 44.2 Å². The third kappa shape index (κ3) is 3.73. The van der Waals surface area contributed by atoms with E-state index in [4.69, 9.17) is 0 Å². The van der Waals surface area contributed by atoms with E-state index in [0.29, 0.717) is 22.4 Å². The minimum atomic E-state index is -0.494. The minimum absolute atomic E-state index is 0.190. The van der Waals surface area contributed by atoms with Crippen LogP contribution >= 0.6 is 0 Å². The molecule has 0 unspecified atom stereocenters. The third-order valence-corrected chi connectivity index (χ3v) is 5.29. The Morgan fingerprint density at radius 1 is 1.17 bits per heavy atom. The van der Waals surface area contributed by atoms with E-state index in [2.05, 4.69) is 35.3 Å². The summed E-state index contributed by atoms with van der Waals surface area (Å²) in [6.07, 6.45) is 8.25. The third-order valence-electron chi connectivity index (χ3n) is 5.29. The highest BCUT2D eigenvalue weighted by molar-refractivity contribution is 5.57. The largest absolute Gasteiger partial charge is 0.493 e. The lowest BCUT2D eigenvalue weighted by Crippen LogP contribution is -2.31.